The Kier molecular flexibility index (Phi) is 6.80. The lowest BCUT2D eigenvalue weighted by Gasteiger charge is -2.34. The van der Waals surface area contributed by atoms with Crippen molar-refractivity contribution < 1.29 is 14.3 Å². The number of carbonyl (C=O) groups is 2. The number of likely N-dealkylation sites (tertiary alicyclic amines) is 1. The van der Waals surface area contributed by atoms with Crippen LogP contribution in [0.5, 0.6) is 0 Å². The molecule has 1 aliphatic heterocycles. The lowest BCUT2D eigenvalue weighted by atomic mass is 9.95. The van der Waals surface area contributed by atoms with Gasteiger partial charge >= 0.3 is 5.97 Å². The van der Waals surface area contributed by atoms with Gasteiger partial charge < -0.3 is 20.7 Å². The number of amides is 1. The van der Waals surface area contributed by atoms with Crippen LogP contribution < -0.4 is 11.1 Å². The monoisotopic (exact) mass is 346 g/mol. The van der Waals surface area contributed by atoms with E-state index < -0.39 is 0 Å². The first-order chi connectivity index (χ1) is 12.0. The van der Waals surface area contributed by atoms with E-state index in [4.69, 9.17) is 10.5 Å². The highest BCUT2D eigenvalue weighted by atomic mass is 16.5. The summed E-state index contributed by atoms with van der Waals surface area (Å²) in [5.41, 5.74) is 6.89. The molecule has 3 N–H and O–H groups in total. The molecule has 7 nitrogen and oxygen atoms in total. The summed E-state index contributed by atoms with van der Waals surface area (Å²) in [6.07, 6.45) is 2.46. The molecule has 1 saturated heterocycles. The Labute approximate surface area is 148 Å². The number of nitrogens with two attached hydrogens (primary N) is 1. The summed E-state index contributed by atoms with van der Waals surface area (Å²) in [4.78, 5) is 29.1. The Bertz CT molecular complexity index is 628. The number of primary amides is 1. The number of hydrogen-bond donors (Lipinski definition) is 2. The second-order valence-electron chi connectivity index (χ2n) is 6.21. The van der Waals surface area contributed by atoms with Crippen LogP contribution in [0.3, 0.4) is 0 Å². The first kappa shape index (κ1) is 18.8. The third-order valence-electron chi connectivity index (χ3n) is 4.35. The van der Waals surface area contributed by atoms with Crippen LogP contribution >= 0.6 is 0 Å². The molecule has 0 bridgehead atoms. The number of carbonyl (C=O) groups excluding carboxylic acids is 2. The van der Waals surface area contributed by atoms with E-state index in [2.05, 4.69) is 15.2 Å². The van der Waals surface area contributed by atoms with Crippen molar-refractivity contribution in [1.82, 2.24) is 10.2 Å². The fraction of sp³-hybridized carbons (Fsp3) is 0.500. The Balaban J connectivity index is 1.91. The van der Waals surface area contributed by atoms with Crippen molar-refractivity contribution in [2.45, 2.75) is 25.8 Å². The molecule has 0 saturated carbocycles. The molecule has 1 amide bonds. The van der Waals surface area contributed by atoms with Gasteiger partial charge in [-0.3, -0.25) is 9.79 Å². The molecule has 1 atom stereocenters. The minimum Gasteiger partial charge on any atom is -0.465 e. The number of aliphatic imine (C=N–C) groups is 1. The number of methoxy groups -OCH3 is 1. The number of nitrogens with zero attached hydrogens (tertiary/aromatic N) is 2. The van der Waals surface area contributed by atoms with E-state index in [0.29, 0.717) is 18.5 Å². The van der Waals surface area contributed by atoms with Crippen molar-refractivity contribution in [3.63, 3.8) is 0 Å². The number of guanidine groups is 1. The zero-order valence-electron chi connectivity index (χ0n) is 14.8. The number of piperidine rings is 1. The number of esters is 1. The second kappa shape index (κ2) is 9.05. The van der Waals surface area contributed by atoms with Gasteiger partial charge in [-0.1, -0.05) is 12.1 Å². The Hall–Kier alpha value is -2.57. The first-order valence-electron chi connectivity index (χ1n) is 8.44. The van der Waals surface area contributed by atoms with E-state index in [1.165, 1.54) is 7.11 Å². The molecular weight excluding hydrogens is 320 g/mol. The predicted octanol–water partition coefficient (Wildman–Crippen LogP) is 1.14. The molecule has 25 heavy (non-hydrogen) atoms. The van der Waals surface area contributed by atoms with Crippen LogP contribution in [-0.2, 0) is 16.1 Å². The van der Waals surface area contributed by atoms with E-state index in [9.17, 15) is 9.59 Å². The van der Waals surface area contributed by atoms with Crippen LogP contribution in [0.2, 0.25) is 0 Å². The average molecular weight is 346 g/mol. The summed E-state index contributed by atoms with van der Waals surface area (Å²) in [5.74, 6) is 0.500. The van der Waals surface area contributed by atoms with Crippen molar-refractivity contribution in [3.8, 4) is 0 Å². The zero-order valence-corrected chi connectivity index (χ0v) is 14.8. The molecular formula is C18H26N4O3. The van der Waals surface area contributed by atoms with Gasteiger partial charge in [-0.25, -0.2) is 4.79 Å². The van der Waals surface area contributed by atoms with E-state index in [1.54, 1.807) is 19.2 Å². The lowest BCUT2D eigenvalue weighted by molar-refractivity contribution is -0.119. The van der Waals surface area contributed by atoms with Gasteiger partial charge in [-0.2, -0.15) is 0 Å². The summed E-state index contributed by atoms with van der Waals surface area (Å²) < 4.78 is 4.70. The summed E-state index contributed by atoms with van der Waals surface area (Å²) in [5, 5.41) is 3.34. The number of ether oxygens (including phenoxy) is 1. The molecule has 0 spiro atoms. The molecule has 136 valence electrons. The highest BCUT2D eigenvalue weighted by Crippen LogP contribution is 2.19. The molecule has 1 heterocycles. The van der Waals surface area contributed by atoms with Gasteiger partial charge in [-0.15, -0.1) is 0 Å². The SMILES string of the molecule is CN=C(NCc1ccc(C(=O)OC)cc1)N1CCCC(CC(N)=O)C1. The highest BCUT2D eigenvalue weighted by Gasteiger charge is 2.23. The molecule has 0 aliphatic carbocycles. The molecule has 7 heteroatoms. The summed E-state index contributed by atoms with van der Waals surface area (Å²) >= 11 is 0. The Morgan fingerprint density at radius 3 is 2.68 bits per heavy atom. The molecule has 1 aliphatic rings. The quantitative estimate of drug-likeness (QED) is 0.473. The number of hydrogen-bond acceptors (Lipinski definition) is 4. The summed E-state index contributed by atoms with van der Waals surface area (Å²) in [6, 6.07) is 7.27. The van der Waals surface area contributed by atoms with Crippen LogP contribution in [0.1, 0.15) is 35.2 Å². The van der Waals surface area contributed by atoms with Crippen LogP contribution in [0.25, 0.3) is 0 Å². The molecule has 1 unspecified atom stereocenters. The van der Waals surface area contributed by atoms with Gasteiger partial charge in [-0.05, 0) is 36.5 Å². The minimum absolute atomic E-state index is 0.250. The minimum atomic E-state index is -0.343. The third kappa shape index (κ3) is 5.48. The van der Waals surface area contributed by atoms with Gasteiger partial charge in [0.15, 0.2) is 5.96 Å². The standard InChI is InChI=1S/C18H26N4O3/c1-20-18(22-9-3-4-14(12-22)10-16(19)23)21-11-13-5-7-15(8-6-13)17(24)25-2/h5-8,14H,3-4,9-12H2,1-2H3,(H2,19,23)(H,20,21). The van der Waals surface area contributed by atoms with Crippen molar-refractivity contribution in [2.24, 2.45) is 16.6 Å². The van der Waals surface area contributed by atoms with Gasteiger partial charge in [0, 0.05) is 33.1 Å². The second-order valence-corrected chi connectivity index (χ2v) is 6.21. The predicted molar refractivity (Wildman–Crippen MR) is 96.1 cm³/mol. The highest BCUT2D eigenvalue weighted by molar-refractivity contribution is 5.89. The number of rotatable bonds is 5. The topological polar surface area (TPSA) is 97.0 Å². The van der Waals surface area contributed by atoms with Crippen LogP contribution in [0.15, 0.2) is 29.3 Å². The van der Waals surface area contributed by atoms with E-state index in [1.807, 2.05) is 12.1 Å². The normalized spacial score (nSPS) is 17.9. The molecule has 1 aromatic rings. The molecule has 1 aromatic carbocycles. The summed E-state index contributed by atoms with van der Waals surface area (Å²) in [6.45, 7) is 2.30. The van der Waals surface area contributed by atoms with Crippen LogP contribution in [0.4, 0.5) is 0 Å². The number of benzene rings is 1. The lowest BCUT2D eigenvalue weighted by Crippen LogP contribution is -2.46. The third-order valence-corrected chi connectivity index (χ3v) is 4.35. The fourth-order valence-electron chi connectivity index (χ4n) is 3.10. The van der Waals surface area contributed by atoms with Crippen molar-refractivity contribution >= 4 is 17.8 Å². The van der Waals surface area contributed by atoms with Crippen molar-refractivity contribution in [1.29, 1.82) is 0 Å². The van der Waals surface area contributed by atoms with Crippen molar-refractivity contribution in [2.75, 3.05) is 27.2 Å². The van der Waals surface area contributed by atoms with Crippen molar-refractivity contribution in [3.05, 3.63) is 35.4 Å². The van der Waals surface area contributed by atoms with Crippen LogP contribution in [-0.4, -0.2) is 50.0 Å². The Morgan fingerprint density at radius 2 is 2.08 bits per heavy atom. The van der Waals surface area contributed by atoms with E-state index >= 15 is 0 Å². The average Bonchev–Trinajstić information content (AvgIpc) is 2.62. The first-order valence-corrected chi connectivity index (χ1v) is 8.44. The van der Waals surface area contributed by atoms with Gasteiger partial charge in [0.1, 0.15) is 0 Å². The largest absolute Gasteiger partial charge is 0.465 e. The maximum absolute atomic E-state index is 11.5. The molecule has 1 fully saturated rings. The fourth-order valence-corrected chi connectivity index (χ4v) is 3.10. The molecule has 0 aromatic heterocycles. The smallest absolute Gasteiger partial charge is 0.337 e. The number of nitrogens with one attached hydrogen (secondary N) is 1. The Morgan fingerprint density at radius 1 is 1.36 bits per heavy atom. The van der Waals surface area contributed by atoms with Gasteiger partial charge in [0.05, 0.1) is 12.7 Å². The van der Waals surface area contributed by atoms with E-state index in [0.717, 1.165) is 37.5 Å². The van der Waals surface area contributed by atoms with E-state index in [-0.39, 0.29) is 17.8 Å². The van der Waals surface area contributed by atoms with Gasteiger partial charge in [0.25, 0.3) is 0 Å². The molecule has 2 rings (SSSR count). The van der Waals surface area contributed by atoms with Gasteiger partial charge in [0.2, 0.25) is 5.91 Å². The maximum atomic E-state index is 11.5. The maximum Gasteiger partial charge on any atom is 0.337 e. The van der Waals surface area contributed by atoms with Crippen LogP contribution in [0, 0.1) is 5.92 Å². The zero-order chi connectivity index (χ0) is 18.2. The summed E-state index contributed by atoms with van der Waals surface area (Å²) in [7, 11) is 3.12. The molecule has 0 radical (unpaired) electrons.